The number of benzene rings is 4. The Labute approximate surface area is 348 Å². The fourth-order valence-electron chi connectivity index (χ4n) is 6.61. The van der Waals surface area contributed by atoms with Crippen LogP contribution in [0.3, 0.4) is 0 Å². The number of hydrogen-bond acceptors (Lipinski definition) is 10. The van der Waals surface area contributed by atoms with E-state index in [4.69, 9.17) is 78.1 Å². The molecule has 6 rings (SSSR count). The molecule has 10 nitrogen and oxygen atoms in total. The van der Waals surface area contributed by atoms with Gasteiger partial charge in [-0.25, -0.2) is 0 Å². The molecule has 0 bridgehead atoms. The van der Waals surface area contributed by atoms with Crippen molar-refractivity contribution in [3.05, 3.63) is 156 Å². The van der Waals surface area contributed by atoms with Gasteiger partial charge >= 0.3 is 5.97 Å². The summed E-state index contributed by atoms with van der Waals surface area (Å²) in [7, 11) is 0. The second kappa shape index (κ2) is 21.3. The monoisotopic (exact) mass is 837 g/mol. The van der Waals surface area contributed by atoms with Gasteiger partial charge in [0.25, 0.3) is 3.79 Å². The zero-order valence-electron chi connectivity index (χ0n) is 31.4. The number of esters is 1. The first-order chi connectivity index (χ1) is 27.6. The van der Waals surface area contributed by atoms with Crippen LogP contribution in [0.25, 0.3) is 0 Å². The summed E-state index contributed by atoms with van der Waals surface area (Å²) in [6.07, 6.45) is -1.99. The second-order valence-corrected chi connectivity index (χ2v) is 15.9. The van der Waals surface area contributed by atoms with Crippen molar-refractivity contribution in [1.82, 2.24) is 0 Å². The van der Waals surface area contributed by atoms with Crippen LogP contribution >= 0.6 is 34.8 Å². The SMILES string of the molecule is CC(=O)O[C@@H]1[C@@H](OCc2ccccc2)[C@@H](OCc2ccccc2)[C@@H](COCc2ccccc2)O[C@@H]1C/C=C/C1O[C@H](c2ccccc2)OC[C@H]1OC(=N)C(Cl)(Cl)Cl. The Morgan fingerprint density at radius 3 is 1.82 bits per heavy atom. The van der Waals surface area contributed by atoms with Gasteiger partial charge in [0.15, 0.2) is 18.5 Å². The van der Waals surface area contributed by atoms with Crippen LogP contribution in [0, 0.1) is 5.41 Å². The van der Waals surface area contributed by atoms with E-state index in [1.165, 1.54) is 6.92 Å². The van der Waals surface area contributed by atoms with E-state index in [0.29, 0.717) is 6.61 Å². The highest BCUT2D eigenvalue weighted by atomic mass is 35.6. The summed E-state index contributed by atoms with van der Waals surface area (Å²) in [6, 6.07) is 38.9. The third kappa shape index (κ3) is 12.8. The van der Waals surface area contributed by atoms with E-state index in [-0.39, 0.29) is 32.8 Å². The minimum absolute atomic E-state index is 0.0460. The van der Waals surface area contributed by atoms with Crippen molar-refractivity contribution in [2.45, 2.75) is 86.0 Å². The summed E-state index contributed by atoms with van der Waals surface area (Å²) in [6.45, 7) is 2.43. The smallest absolute Gasteiger partial charge is 0.303 e. The number of carbonyl (C=O) groups excluding carboxylic acids is 1. The lowest BCUT2D eigenvalue weighted by atomic mass is 9.92. The van der Waals surface area contributed by atoms with Crippen molar-refractivity contribution < 1.29 is 42.7 Å². The summed E-state index contributed by atoms with van der Waals surface area (Å²) < 4.78 is 48.4. The molecule has 4 aromatic rings. The minimum atomic E-state index is -2.08. The Balaban J connectivity index is 1.28. The molecular formula is C44H46Cl3NO9. The molecule has 4 aromatic carbocycles. The predicted octanol–water partition coefficient (Wildman–Crippen LogP) is 8.87. The molecule has 2 saturated heterocycles. The zero-order chi connectivity index (χ0) is 40.0. The van der Waals surface area contributed by atoms with Crippen molar-refractivity contribution in [3.63, 3.8) is 0 Å². The Kier molecular flexibility index (Phi) is 16.0. The molecular weight excluding hydrogens is 793 g/mol. The van der Waals surface area contributed by atoms with Gasteiger partial charge in [0.2, 0.25) is 5.90 Å². The highest BCUT2D eigenvalue weighted by molar-refractivity contribution is 6.76. The molecule has 8 atom stereocenters. The van der Waals surface area contributed by atoms with Gasteiger partial charge < -0.3 is 37.9 Å². The third-order valence-corrected chi connectivity index (χ3v) is 9.86. The van der Waals surface area contributed by atoms with Gasteiger partial charge in [-0.3, -0.25) is 10.2 Å². The van der Waals surface area contributed by atoms with Gasteiger partial charge in [0.1, 0.15) is 30.5 Å². The average molecular weight is 839 g/mol. The molecule has 2 aliphatic rings. The standard InChI is InChI=1S/C44H46Cl3NO9/c1-30(49)54-40-36(24-14-23-35-37(57-43(48)44(45,46)47)29-53-42(56-35)34-21-12-5-13-22-34)55-38(28-50-25-31-15-6-2-7-16-31)39(51-26-32-17-8-3-9-18-32)41(40)52-27-33-19-10-4-11-20-33/h2-23,35-42,48H,24-29H2,1H3/b23-14+,48-43?/t35?,36-,37-,38-,39+,40+,41+,42-/m1/s1. The number of halogens is 3. The molecule has 57 heavy (non-hydrogen) atoms. The molecule has 0 aliphatic carbocycles. The van der Waals surface area contributed by atoms with E-state index in [1.807, 2.05) is 127 Å². The first kappa shape index (κ1) is 42.8. The molecule has 302 valence electrons. The lowest BCUT2D eigenvalue weighted by Crippen LogP contribution is -2.61. The minimum Gasteiger partial charge on any atom is -0.469 e. The number of carbonyl (C=O) groups is 1. The normalized spacial score (nSPS) is 25.2. The summed E-state index contributed by atoms with van der Waals surface area (Å²) in [5.41, 5.74) is 3.71. The summed E-state index contributed by atoms with van der Waals surface area (Å²) in [5.74, 6) is -1.06. The van der Waals surface area contributed by atoms with Gasteiger partial charge in [-0.15, -0.1) is 0 Å². The molecule has 0 spiro atoms. The highest BCUT2D eigenvalue weighted by Crippen LogP contribution is 2.35. The Bertz CT molecular complexity index is 1850. The predicted molar refractivity (Wildman–Crippen MR) is 217 cm³/mol. The van der Waals surface area contributed by atoms with E-state index in [9.17, 15) is 4.79 Å². The topological polar surface area (TPSA) is 115 Å². The van der Waals surface area contributed by atoms with Crippen molar-refractivity contribution in [1.29, 1.82) is 5.41 Å². The number of ether oxygens (including phenoxy) is 8. The Morgan fingerprint density at radius 2 is 1.26 bits per heavy atom. The van der Waals surface area contributed by atoms with E-state index in [1.54, 1.807) is 6.08 Å². The molecule has 1 unspecified atom stereocenters. The molecule has 2 aliphatic heterocycles. The average Bonchev–Trinajstić information content (AvgIpc) is 3.22. The number of alkyl halides is 3. The zero-order valence-corrected chi connectivity index (χ0v) is 33.6. The van der Waals surface area contributed by atoms with Crippen molar-refractivity contribution in [3.8, 4) is 0 Å². The first-order valence-electron chi connectivity index (χ1n) is 18.7. The van der Waals surface area contributed by atoms with Crippen LogP contribution in [0.4, 0.5) is 0 Å². The van der Waals surface area contributed by atoms with E-state index in [2.05, 4.69) is 0 Å². The van der Waals surface area contributed by atoms with Crippen molar-refractivity contribution in [2.24, 2.45) is 0 Å². The van der Waals surface area contributed by atoms with Gasteiger partial charge in [-0.2, -0.15) is 0 Å². The van der Waals surface area contributed by atoms with Crippen LogP contribution < -0.4 is 0 Å². The fourth-order valence-corrected chi connectivity index (χ4v) is 6.74. The van der Waals surface area contributed by atoms with E-state index in [0.717, 1.165) is 22.3 Å². The Hall–Kier alpha value is -3.81. The highest BCUT2D eigenvalue weighted by Gasteiger charge is 2.49. The van der Waals surface area contributed by atoms with Gasteiger partial charge in [-0.1, -0.05) is 168 Å². The first-order valence-corrected chi connectivity index (χ1v) is 19.8. The largest absolute Gasteiger partial charge is 0.469 e. The molecule has 0 aromatic heterocycles. The number of rotatable bonds is 16. The molecule has 13 heteroatoms. The van der Waals surface area contributed by atoms with Crippen LogP contribution in [0.1, 0.15) is 41.9 Å². The summed E-state index contributed by atoms with van der Waals surface area (Å²) in [5, 5.41) is 8.21. The lowest BCUT2D eigenvalue weighted by Gasteiger charge is -2.45. The van der Waals surface area contributed by atoms with Gasteiger partial charge in [-0.05, 0) is 23.1 Å². The molecule has 0 radical (unpaired) electrons. The van der Waals surface area contributed by atoms with Gasteiger partial charge in [0, 0.05) is 12.5 Å². The van der Waals surface area contributed by atoms with Gasteiger partial charge in [0.05, 0.1) is 33.0 Å². The van der Waals surface area contributed by atoms with Crippen LogP contribution in [0.5, 0.6) is 0 Å². The van der Waals surface area contributed by atoms with E-state index < -0.39 is 64.7 Å². The molecule has 0 amide bonds. The van der Waals surface area contributed by atoms with Crippen LogP contribution in [-0.2, 0) is 62.5 Å². The maximum absolute atomic E-state index is 12.8. The maximum Gasteiger partial charge on any atom is 0.303 e. The fraction of sp³-hybridized carbons (Fsp3) is 0.364. The number of hydrogen-bond donors (Lipinski definition) is 1. The van der Waals surface area contributed by atoms with Crippen molar-refractivity contribution >= 4 is 46.7 Å². The van der Waals surface area contributed by atoms with Crippen LogP contribution in [0.15, 0.2) is 133 Å². The third-order valence-electron chi connectivity index (χ3n) is 9.35. The summed E-state index contributed by atoms with van der Waals surface area (Å²) in [4.78, 5) is 12.8. The lowest BCUT2D eigenvalue weighted by molar-refractivity contribution is -0.265. The van der Waals surface area contributed by atoms with Crippen molar-refractivity contribution in [2.75, 3.05) is 13.2 Å². The molecule has 2 fully saturated rings. The Morgan fingerprint density at radius 1 is 0.719 bits per heavy atom. The summed E-state index contributed by atoms with van der Waals surface area (Å²) >= 11 is 17.9. The second-order valence-electron chi connectivity index (χ2n) is 13.6. The molecule has 1 N–H and O–H groups in total. The molecule has 2 heterocycles. The van der Waals surface area contributed by atoms with E-state index >= 15 is 0 Å². The van der Waals surface area contributed by atoms with Crippen LogP contribution in [0.2, 0.25) is 0 Å². The quantitative estimate of drug-likeness (QED) is 0.0389. The number of nitrogens with one attached hydrogen (secondary N) is 1. The van der Waals surface area contributed by atoms with Crippen LogP contribution in [-0.4, -0.2) is 71.6 Å². The molecule has 0 saturated carbocycles. The maximum atomic E-state index is 12.8.